The number of nitrogen functional groups attached to an aromatic ring is 2. The molecule has 0 radical (unpaired) electrons. The van der Waals surface area contributed by atoms with E-state index in [1.165, 1.54) is 0 Å². The summed E-state index contributed by atoms with van der Waals surface area (Å²) in [6, 6.07) is 13.0. The summed E-state index contributed by atoms with van der Waals surface area (Å²) in [5.74, 6) is 0.614. The van der Waals surface area contributed by atoms with Gasteiger partial charge in [0.15, 0.2) is 5.60 Å². The molecule has 1 aliphatic heterocycles. The van der Waals surface area contributed by atoms with E-state index in [0.717, 1.165) is 5.56 Å². The minimum atomic E-state index is -0.839. The molecule has 2 aromatic carbocycles. The summed E-state index contributed by atoms with van der Waals surface area (Å²) >= 11 is 0. The number of nitrogens with zero attached hydrogens (tertiary/aromatic N) is 1. The van der Waals surface area contributed by atoms with Gasteiger partial charge in [0.25, 0.3) is 5.91 Å². The highest BCUT2D eigenvalue weighted by atomic mass is 16.5. The maximum absolute atomic E-state index is 13.2. The Balaban J connectivity index is 2.08. The third kappa shape index (κ3) is 2.56. The second-order valence-electron chi connectivity index (χ2n) is 6.13. The number of ether oxygens (including phenoxy) is 1. The number of hydrogen-bond donors (Lipinski definition) is 2. The van der Waals surface area contributed by atoms with Gasteiger partial charge in [0.2, 0.25) is 0 Å². The molecule has 5 heteroatoms. The van der Waals surface area contributed by atoms with Gasteiger partial charge in [-0.25, -0.2) is 0 Å². The lowest BCUT2D eigenvalue weighted by Gasteiger charge is -2.42. The Morgan fingerprint density at radius 2 is 1.71 bits per heavy atom. The summed E-state index contributed by atoms with van der Waals surface area (Å²) in [7, 11) is 0. The predicted molar refractivity (Wildman–Crippen MR) is 96.8 cm³/mol. The van der Waals surface area contributed by atoms with Crippen LogP contribution in [-0.2, 0) is 11.3 Å². The Morgan fingerprint density at radius 3 is 2.33 bits per heavy atom. The quantitative estimate of drug-likeness (QED) is 0.845. The average molecular weight is 325 g/mol. The van der Waals surface area contributed by atoms with Gasteiger partial charge in [-0.1, -0.05) is 32.0 Å². The van der Waals surface area contributed by atoms with Gasteiger partial charge < -0.3 is 16.2 Å². The van der Waals surface area contributed by atoms with Crippen molar-refractivity contribution in [2.45, 2.75) is 38.8 Å². The van der Waals surface area contributed by atoms with Crippen molar-refractivity contribution in [2.24, 2.45) is 0 Å². The van der Waals surface area contributed by atoms with Crippen LogP contribution < -0.4 is 21.1 Å². The standard InChI is InChI=1S/C19H23N3O2/c1-3-19(4-2)18(23)22(12-13-8-10-14(20)11-9-13)17-15(21)6-5-7-16(17)24-19/h5-11H,3-4,12,20-21H2,1-2H3. The molecule has 0 saturated carbocycles. The van der Waals surface area contributed by atoms with Gasteiger partial charge in [-0.3, -0.25) is 9.69 Å². The zero-order chi connectivity index (χ0) is 17.3. The van der Waals surface area contributed by atoms with Crippen LogP contribution in [0.2, 0.25) is 0 Å². The van der Waals surface area contributed by atoms with E-state index in [-0.39, 0.29) is 5.91 Å². The van der Waals surface area contributed by atoms with Gasteiger partial charge in [0.1, 0.15) is 11.4 Å². The zero-order valence-electron chi connectivity index (χ0n) is 14.1. The van der Waals surface area contributed by atoms with Crippen LogP contribution in [0.4, 0.5) is 17.1 Å². The van der Waals surface area contributed by atoms with Crippen LogP contribution in [0.15, 0.2) is 42.5 Å². The number of fused-ring (bicyclic) bond motifs is 1. The SMILES string of the molecule is CCC1(CC)Oc2cccc(N)c2N(Cc2ccc(N)cc2)C1=O. The molecule has 1 aliphatic rings. The summed E-state index contributed by atoms with van der Waals surface area (Å²) in [6.45, 7) is 4.38. The number of para-hydroxylation sites is 1. The van der Waals surface area contributed by atoms with Crippen LogP contribution >= 0.6 is 0 Å². The van der Waals surface area contributed by atoms with E-state index in [2.05, 4.69) is 0 Å². The second-order valence-corrected chi connectivity index (χ2v) is 6.13. The van der Waals surface area contributed by atoms with E-state index in [0.29, 0.717) is 42.2 Å². The predicted octanol–water partition coefficient (Wildman–Crippen LogP) is 3.34. The molecule has 126 valence electrons. The van der Waals surface area contributed by atoms with Crippen molar-refractivity contribution in [1.82, 2.24) is 0 Å². The first-order valence-corrected chi connectivity index (χ1v) is 8.24. The van der Waals surface area contributed by atoms with Gasteiger partial charge in [-0.05, 0) is 42.7 Å². The van der Waals surface area contributed by atoms with Gasteiger partial charge in [0, 0.05) is 5.69 Å². The summed E-state index contributed by atoms with van der Waals surface area (Å²) < 4.78 is 6.11. The summed E-state index contributed by atoms with van der Waals surface area (Å²) in [5, 5.41) is 0. The lowest BCUT2D eigenvalue weighted by molar-refractivity contribution is -0.136. The highest BCUT2D eigenvalue weighted by Gasteiger charge is 2.46. The fraction of sp³-hybridized carbons (Fsp3) is 0.316. The van der Waals surface area contributed by atoms with Crippen LogP contribution in [-0.4, -0.2) is 11.5 Å². The minimum Gasteiger partial charge on any atom is -0.475 e. The van der Waals surface area contributed by atoms with E-state index in [9.17, 15) is 4.79 Å². The van der Waals surface area contributed by atoms with E-state index >= 15 is 0 Å². The molecule has 0 atom stereocenters. The van der Waals surface area contributed by atoms with Crippen molar-refractivity contribution in [1.29, 1.82) is 0 Å². The fourth-order valence-electron chi connectivity index (χ4n) is 3.17. The Morgan fingerprint density at radius 1 is 1.04 bits per heavy atom. The van der Waals surface area contributed by atoms with E-state index in [4.69, 9.17) is 16.2 Å². The molecular formula is C19H23N3O2. The Bertz CT molecular complexity index is 752. The second kappa shape index (κ2) is 6.07. The van der Waals surface area contributed by atoms with Crippen LogP contribution in [0.25, 0.3) is 0 Å². The summed E-state index contributed by atoms with van der Waals surface area (Å²) in [4.78, 5) is 15.0. The molecular weight excluding hydrogens is 302 g/mol. The number of amides is 1. The molecule has 5 nitrogen and oxygen atoms in total. The number of anilines is 3. The lowest BCUT2D eigenvalue weighted by Crippen LogP contribution is -2.55. The van der Waals surface area contributed by atoms with Crippen molar-refractivity contribution in [3.63, 3.8) is 0 Å². The maximum atomic E-state index is 13.2. The number of rotatable bonds is 4. The molecule has 0 bridgehead atoms. The third-order valence-corrected chi connectivity index (χ3v) is 4.70. The molecule has 0 aromatic heterocycles. The molecule has 0 saturated heterocycles. The summed E-state index contributed by atoms with van der Waals surface area (Å²) in [6.07, 6.45) is 1.21. The molecule has 0 aliphatic carbocycles. The lowest BCUT2D eigenvalue weighted by atomic mass is 9.92. The zero-order valence-corrected chi connectivity index (χ0v) is 14.1. The molecule has 3 rings (SSSR count). The molecule has 0 unspecified atom stereocenters. The first-order valence-electron chi connectivity index (χ1n) is 8.24. The van der Waals surface area contributed by atoms with Gasteiger partial charge in [-0.15, -0.1) is 0 Å². The van der Waals surface area contributed by atoms with Crippen molar-refractivity contribution in [3.8, 4) is 5.75 Å². The van der Waals surface area contributed by atoms with Gasteiger partial charge in [-0.2, -0.15) is 0 Å². The average Bonchev–Trinajstić information content (AvgIpc) is 2.59. The van der Waals surface area contributed by atoms with E-state index in [1.807, 2.05) is 50.2 Å². The normalized spacial score (nSPS) is 15.8. The number of nitrogens with two attached hydrogens (primary N) is 2. The smallest absolute Gasteiger partial charge is 0.271 e. The molecule has 1 heterocycles. The highest BCUT2D eigenvalue weighted by Crippen LogP contribution is 2.44. The third-order valence-electron chi connectivity index (χ3n) is 4.70. The number of benzene rings is 2. The fourth-order valence-corrected chi connectivity index (χ4v) is 3.17. The largest absolute Gasteiger partial charge is 0.475 e. The van der Waals surface area contributed by atoms with E-state index < -0.39 is 5.60 Å². The molecule has 0 spiro atoms. The Kier molecular flexibility index (Phi) is 4.09. The summed E-state index contributed by atoms with van der Waals surface area (Å²) in [5.41, 5.74) is 13.9. The van der Waals surface area contributed by atoms with Gasteiger partial charge >= 0.3 is 0 Å². The van der Waals surface area contributed by atoms with Crippen molar-refractivity contribution in [2.75, 3.05) is 16.4 Å². The van der Waals surface area contributed by atoms with Crippen molar-refractivity contribution >= 4 is 23.0 Å². The molecule has 1 amide bonds. The number of hydrogen-bond acceptors (Lipinski definition) is 4. The molecule has 4 N–H and O–H groups in total. The van der Waals surface area contributed by atoms with Crippen LogP contribution in [0.3, 0.4) is 0 Å². The van der Waals surface area contributed by atoms with Crippen LogP contribution in [0, 0.1) is 0 Å². The van der Waals surface area contributed by atoms with Crippen LogP contribution in [0.5, 0.6) is 5.75 Å². The Labute approximate surface area is 142 Å². The first kappa shape index (κ1) is 16.2. The maximum Gasteiger partial charge on any atom is 0.271 e. The number of carbonyl (C=O) groups excluding carboxylic acids is 1. The number of carbonyl (C=O) groups is 1. The molecule has 2 aromatic rings. The topological polar surface area (TPSA) is 81.6 Å². The monoisotopic (exact) mass is 325 g/mol. The van der Waals surface area contributed by atoms with E-state index in [1.54, 1.807) is 11.0 Å². The molecule has 0 fully saturated rings. The van der Waals surface area contributed by atoms with Crippen LogP contribution in [0.1, 0.15) is 32.3 Å². The minimum absolute atomic E-state index is 0.0466. The van der Waals surface area contributed by atoms with Gasteiger partial charge in [0.05, 0.1) is 12.2 Å². The van der Waals surface area contributed by atoms with Crippen molar-refractivity contribution in [3.05, 3.63) is 48.0 Å². The molecule has 24 heavy (non-hydrogen) atoms. The van der Waals surface area contributed by atoms with Crippen molar-refractivity contribution < 1.29 is 9.53 Å². The first-order chi connectivity index (χ1) is 11.5. The highest BCUT2D eigenvalue weighted by molar-refractivity contribution is 6.05. The Hall–Kier alpha value is -2.69.